The summed E-state index contributed by atoms with van der Waals surface area (Å²) in [7, 11) is -3.38. The van der Waals surface area contributed by atoms with Gasteiger partial charge < -0.3 is 16.0 Å². The Labute approximate surface area is 193 Å². The van der Waals surface area contributed by atoms with Crippen LogP contribution >= 0.6 is 0 Å². The number of urea groups is 1. The smallest absolute Gasteiger partial charge is 0.319 e. The second kappa shape index (κ2) is 10.7. The summed E-state index contributed by atoms with van der Waals surface area (Å²) in [5.74, 6) is -0.342. The van der Waals surface area contributed by atoms with Crippen LogP contribution < -0.4 is 16.0 Å². The third-order valence-electron chi connectivity index (χ3n) is 4.89. The van der Waals surface area contributed by atoms with Crippen molar-refractivity contribution in [3.63, 3.8) is 0 Å². The van der Waals surface area contributed by atoms with Gasteiger partial charge in [-0.25, -0.2) is 13.2 Å². The Balaban J connectivity index is 1.69. The van der Waals surface area contributed by atoms with Gasteiger partial charge in [0.1, 0.15) is 6.04 Å². The number of rotatable bonds is 8. The van der Waals surface area contributed by atoms with Crippen LogP contribution in [0.3, 0.4) is 0 Å². The average molecular weight is 467 g/mol. The molecule has 33 heavy (non-hydrogen) atoms. The monoisotopic (exact) mass is 466 g/mol. The molecule has 3 amide bonds. The van der Waals surface area contributed by atoms with E-state index in [1.807, 2.05) is 6.92 Å². The first-order chi connectivity index (χ1) is 15.8. The van der Waals surface area contributed by atoms with Gasteiger partial charge in [-0.3, -0.25) is 9.78 Å². The van der Waals surface area contributed by atoms with E-state index in [2.05, 4.69) is 20.9 Å². The highest BCUT2D eigenvalue weighted by Gasteiger charge is 2.20. The van der Waals surface area contributed by atoms with Crippen LogP contribution in [-0.4, -0.2) is 37.6 Å². The van der Waals surface area contributed by atoms with E-state index < -0.39 is 21.9 Å². The fourth-order valence-corrected chi connectivity index (χ4v) is 4.22. The molecule has 0 radical (unpaired) electrons. The molecule has 0 saturated heterocycles. The van der Waals surface area contributed by atoms with Crippen LogP contribution in [0.5, 0.6) is 0 Å². The first kappa shape index (κ1) is 23.9. The summed E-state index contributed by atoms with van der Waals surface area (Å²) in [5.41, 5.74) is 2.42. The lowest BCUT2D eigenvalue weighted by atomic mass is 10.1. The molecule has 0 spiro atoms. The van der Waals surface area contributed by atoms with Crippen LogP contribution in [0.4, 0.5) is 16.2 Å². The number of aromatic nitrogens is 1. The molecule has 1 atom stereocenters. The van der Waals surface area contributed by atoms with Crippen molar-refractivity contribution in [3.05, 3.63) is 73.1 Å². The Kier molecular flexibility index (Phi) is 7.78. The number of nitrogens with one attached hydrogen (secondary N) is 3. The molecule has 3 rings (SSSR count). The quantitative estimate of drug-likeness (QED) is 0.462. The fourth-order valence-electron chi connectivity index (χ4n) is 3.31. The van der Waals surface area contributed by atoms with Crippen molar-refractivity contribution >= 4 is 33.2 Å². The van der Waals surface area contributed by atoms with Gasteiger partial charge in [0.2, 0.25) is 5.91 Å². The van der Waals surface area contributed by atoms with Gasteiger partial charge >= 0.3 is 6.03 Å². The van der Waals surface area contributed by atoms with Crippen LogP contribution in [0.2, 0.25) is 0 Å². The Bertz CT molecular complexity index is 1210. The first-order valence-electron chi connectivity index (χ1n) is 10.5. The molecule has 0 saturated carbocycles. The van der Waals surface area contributed by atoms with Gasteiger partial charge in [-0.1, -0.05) is 43.7 Å². The third-order valence-corrected chi connectivity index (χ3v) is 6.04. The van der Waals surface area contributed by atoms with E-state index in [-0.39, 0.29) is 10.8 Å². The number of amides is 3. The topological polar surface area (TPSA) is 117 Å². The van der Waals surface area contributed by atoms with Gasteiger partial charge in [0.15, 0.2) is 9.84 Å². The Morgan fingerprint density at radius 2 is 1.55 bits per heavy atom. The molecule has 0 aliphatic carbocycles. The highest BCUT2D eigenvalue weighted by atomic mass is 32.2. The zero-order valence-corrected chi connectivity index (χ0v) is 19.2. The summed E-state index contributed by atoms with van der Waals surface area (Å²) in [5, 5.41) is 8.18. The van der Waals surface area contributed by atoms with Crippen LogP contribution in [-0.2, 0) is 14.6 Å². The first-order valence-corrected chi connectivity index (χ1v) is 12.3. The molecule has 2 aromatic carbocycles. The van der Waals surface area contributed by atoms with Gasteiger partial charge in [0.05, 0.1) is 4.90 Å². The Hall–Kier alpha value is -3.72. The minimum atomic E-state index is -3.38. The van der Waals surface area contributed by atoms with Crippen LogP contribution in [0.1, 0.15) is 19.8 Å². The SMILES string of the molecule is CCC[C@@H](NC(=O)Nc1ccncc1)C(=O)Nc1ccc(-c2ccccc2S(C)(=O)=O)cc1. The van der Waals surface area contributed by atoms with E-state index in [1.54, 1.807) is 73.1 Å². The molecule has 3 aromatic rings. The molecule has 8 nitrogen and oxygen atoms in total. The van der Waals surface area contributed by atoms with E-state index in [1.165, 1.54) is 6.26 Å². The van der Waals surface area contributed by atoms with Gasteiger partial charge in [0.25, 0.3) is 0 Å². The van der Waals surface area contributed by atoms with Crippen molar-refractivity contribution in [1.29, 1.82) is 0 Å². The van der Waals surface area contributed by atoms with E-state index >= 15 is 0 Å². The van der Waals surface area contributed by atoms with Crippen LogP contribution in [0.15, 0.2) is 78.0 Å². The molecule has 0 unspecified atom stereocenters. The standard InChI is InChI=1S/C24H26N4O4S/c1-3-6-21(28-24(30)27-19-13-15-25-16-14-19)23(29)26-18-11-9-17(10-12-18)20-7-4-5-8-22(20)33(2,31)32/h4-5,7-16,21H,3,6H2,1-2H3,(H,26,29)(H2,25,27,28,30)/t21-/m1/s1. The lowest BCUT2D eigenvalue weighted by Gasteiger charge is -2.18. The minimum Gasteiger partial charge on any atom is -0.326 e. The van der Waals surface area contributed by atoms with E-state index in [0.29, 0.717) is 35.3 Å². The summed E-state index contributed by atoms with van der Waals surface area (Å²) in [6.07, 6.45) is 5.46. The van der Waals surface area contributed by atoms with Crippen molar-refractivity contribution in [1.82, 2.24) is 10.3 Å². The maximum Gasteiger partial charge on any atom is 0.319 e. The predicted octanol–water partition coefficient (Wildman–Crippen LogP) is 4.08. The van der Waals surface area contributed by atoms with Gasteiger partial charge in [-0.2, -0.15) is 0 Å². The van der Waals surface area contributed by atoms with Crippen molar-refractivity contribution in [2.45, 2.75) is 30.7 Å². The molecule has 3 N–H and O–H groups in total. The molecule has 0 bridgehead atoms. The molecule has 0 aliphatic rings. The Morgan fingerprint density at radius 3 is 2.18 bits per heavy atom. The van der Waals surface area contributed by atoms with Gasteiger partial charge in [-0.05, 0) is 42.3 Å². The zero-order chi connectivity index (χ0) is 23.8. The lowest BCUT2D eigenvalue weighted by molar-refractivity contribution is -0.118. The van der Waals surface area contributed by atoms with Crippen molar-refractivity contribution < 1.29 is 18.0 Å². The van der Waals surface area contributed by atoms with Crippen molar-refractivity contribution in [3.8, 4) is 11.1 Å². The molecular formula is C24H26N4O4S. The second-order valence-electron chi connectivity index (χ2n) is 7.51. The number of pyridine rings is 1. The molecular weight excluding hydrogens is 440 g/mol. The van der Waals surface area contributed by atoms with Crippen LogP contribution in [0, 0.1) is 0 Å². The molecule has 172 valence electrons. The zero-order valence-electron chi connectivity index (χ0n) is 18.4. The fraction of sp³-hybridized carbons (Fsp3) is 0.208. The maximum atomic E-state index is 12.8. The summed E-state index contributed by atoms with van der Waals surface area (Å²) in [4.78, 5) is 29.2. The lowest BCUT2D eigenvalue weighted by Crippen LogP contribution is -2.45. The highest BCUT2D eigenvalue weighted by molar-refractivity contribution is 7.90. The van der Waals surface area contributed by atoms with E-state index in [4.69, 9.17) is 0 Å². The number of sulfone groups is 1. The molecule has 1 aromatic heterocycles. The predicted molar refractivity (Wildman–Crippen MR) is 129 cm³/mol. The molecule has 1 heterocycles. The van der Waals surface area contributed by atoms with E-state index in [0.717, 1.165) is 0 Å². The van der Waals surface area contributed by atoms with Gasteiger partial charge in [0, 0.05) is 35.6 Å². The number of anilines is 2. The number of carbonyl (C=O) groups excluding carboxylic acids is 2. The largest absolute Gasteiger partial charge is 0.326 e. The summed E-state index contributed by atoms with van der Waals surface area (Å²) < 4.78 is 24.2. The van der Waals surface area contributed by atoms with E-state index in [9.17, 15) is 18.0 Å². The normalized spacial score (nSPS) is 11.9. The summed E-state index contributed by atoms with van der Waals surface area (Å²) in [6, 6.07) is 15.8. The maximum absolute atomic E-state index is 12.8. The molecule has 0 fully saturated rings. The van der Waals surface area contributed by atoms with Crippen LogP contribution in [0.25, 0.3) is 11.1 Å². The third kappa shape index (κ3) is 6.63. The summed E-state index contributed by atoms with van der Waals surface area (Å²) >= 11 is 0. The van der Waals surface area contributed by atoms with Gasteiger partial charge in [-0.15, -0.1) is 0 Å². The van der Waals surface area contributed by atoms with Crippen molar-refractivity contribution in [2.75, 3.05) is 16.9 Å². The number of nitrogens with zero attached hydrogens (tertiary/aromatic N) is 1. The Morgan fingerprint density at radius 1 is 0.909 bits per heavy atom. The number of carbonyl (C=O) groups is 2. The average Bonchev–Trinajstić information content (AvgIpc) is 2.79. The summed E-state index contributed by atoms with van der Waals surface area (Å²) in [6.45, 7) is 1.93. The molecule has 0 aliphatic heterocycles. The minimum absolute atomic E-state index is 0.245. The molecule has 9 heteroatoms. The number of hydrogen-bond donors (Lipinski definition) is 3. The second-order valence-corrected chi connectivity index (χ2v) is 9.49. The highest BCUT2D eigenvalue weighted by Crippen LogP contribution is 2.28. The number of benzene rings is 2. The van der Waals surface area contributed by atoms with Crippen molar-refractivity contribution in [2.24, 2.45) is 0 Å². The number of hydrogen-bond acceptors (Lipinski definition) is 5.